The van der Waals surface area contributed by atoms with Crippen molar-refractivity contribution in [3.63, 3.8) is 0 Å². The van der Waals surface area contributed by atoms with E-state index in [1.807, 2.05) is 6.07 Å². The zero-order chi connectivity index (χ0) is 15.8. The first-order valence-corrected chi connectivity index (χ1v) is 9.58. The highest BCUT2D eigenvalue weighted by Gasteiger charge is 2.64. The zero-order valence-electron chi connectivity index (χ0n) is 14.5. The zero-order valence-corrected chi connectivity index (χ0v) is 14.5. The second-order valence-corrected chi connectivity index (χ2v) is 9.26. The van der Waals surface area contributed by atoms with E-state index < -0.39 is 0 Å². The van der Waals surface area contributed by atoms with Gasteiger partial charge in [0.05, 0.1) is 0 Å². The van der Waals surface area contributed by atoms with E-state index in [-0.39, 0.29) is 0 Å². The normalized spacial score (nSPS) is 42.3. The maximum absolute atomic E-state index is 10.1. The number of phenols is 1. The van der Waals surface area contributed by atoms with Crippen LogP contribution in [0.5, 0.6) is 5.75 Å². The molecule has 1 aliphatic heterocycles. The molecule has 124 valence electrons. The number of aromatic hydroxyl groups is 1. The minimum Gasteiger partial charge on any atom is -0.508 e. The van der Waals surface area contributed by atoms with Crippen LogP contribution in [0.25, 0.3) is 0 Å². The lowest BCUT2D eigenvalue weighted by molar-refractivity contribution is -0.0406. The van der Waals surface area contributed by atoms with Gasteiger partial charge in [0.2, 0.25) is 0 Å². The Balaban J connectivity index is 1.64. The van der Waals surface area contributed by atoms with Crippen molar-refractivity contribution in [1.29, 1.82) is 0 Å². The summed E-state index contributed by atoms with van der Waals surface area (Å²) in [7, 11) is 0. The van der Waals surface area contributed by atoms with Gasteiger partial charge in [-0.3, -0.25) is 4.90 Å². The highest BCUT2D eigenvalue weighted by Crippen LogP contribution is 2.66. The lowest BCUT2D eigenvalue weighted by atomic mass is 9.51. The van der Waals surface area contributed by atoms with E-state index >= 15 is 0 Å². The van der Waals surface area contributed by atoms with Gasteiger partial charge >= 0.3 is 0 Å². The molecule has 2 saturated carbocycles. The number of fused-ring (bicyclic) bond motifs is 1. The molecular weight excluding hydrogens is 282 g/mol. The van der Waals surface area contributed by atoms with Gasteiger partial charge in [0.25, 0.3) is 0 Å². The summed E-state index contributed by atoms with van der Waals surface area (Å²) in [4.78, 5) is 2.85. The number of hydrogen-bond acceptors (Lipinski definition) is 2. The lowest BCUT2D eigenvalue weighted by Gasteiger charge is -2.61. The van der Waals surface area contributed by atoms with Crippen molar-refractivity contribution in [3.05, 3.63) is 29.3 Å². The molecule has 1 aromatic carbocycles. The summed E-state index contributed by atoms with van der Waals surface area (Å²) in [5, 5.41) is 10.1. The van der Waals surface area contributed by atoms with Crippen LogP contribution < -0.4 is 0 Å². The van der Waals surface area contributed by atoms with E-state index in [1.165, 1.54) is 62.7 Å². The van der Waals surface area contributed by atoms with Crippen LogP contribution in [-0.4, -0.2) is 29.1 Å². The van der Waals surface area contributed by atoms with Crippen LogP contribution in [0.1, 0.15) is 57.1 Å². The Hall–Kier alpha value is -1.02. The van der Waals surface area contributed by atoms with Gasteiger partial charge in [-0.2, -0.15) is 0 Å². The van der Waals surface area contributed by atoms with Gasteiger partial charge in [0.15, 0.2) is 0 Å². The van der Waals surface area contributed by atoms with Crippen LogP contribution in [0.2, 0.25) is 0 Å². The third-order valence-electron chi connectivity index (χ3n) is 7.78. The number of rotatable bonds is 2. The molecule has 1 saturated heterocycles. The molecule has 0 amide bonds. The van der Waals surface area contributed by atoms with Crippen molar-refractivity contribution in [1.82, 2.24) is 4.90 Å². The molecule has 2 nitrogen and oxygen atoms in total. The van der Waals surface area contributed by atoms with Crippen LogP contribution in [0, 0.1) is 17.3 Å². The smallest absolute Gasteiger partial charge is 0.115 e. The van der Waals surface area contributed by atoms with Crippen molar-refractivity contribution in [2.75, 3.05) is 13.1 Å². The van der Waals surface area contributed by atoms with E-state index in [0.717, 1.165) is 11.8 Å². The van der Waals surface area contributed by atoms with Crippen molar-refractivity contribution in [3.8, 4) is 5.75 Å². The number of nitrogens with zero attached hydrogens (tertiary/aromatic N) is 1. The second kappa shape index (κ2) is 4.53. The molecule has 0 radical (unpaired) electrons. The predicted molar refractivity (Wildman–Crippen MR) is 92.7 cm³/mol. The fourth-order valence-corrected chi connectivity index (χ4v) is 6.71. The number of likely N-dealkylation sites (tertiary alicyclic amines) is 1. The maximum atomic E-state index is 10.1. The van der Waals surface area contributed by atoms with Crippen molar-refractivity contribution in [2.24, 2.45) is 17.3 Å². The molecule has 3 aliphatic carbocycles. The van der Waals surface area contributed by atoms with Gasteiger partial charge in [0, 0.05) is 18.0 Å². The molecule has 4 aliphatic rings. The summed E-state index contributed by atoms with van der Waals surface area (Å²) < 4.78 is 0. The van der Waals surface area contributed by atoms with Crippen molar-refractivity contribution < 1.29 is 5.11 Å². The average Bonchev–Trinajstić information content (AvgIpc) is 3.25. The van der Waals surface area contributed by atoms with Crippen LogP contribution >= 0.6 is 0 Å². The topological polar surface area (TPSA) is 23.5 Å². The molecule has 1 aromatic rings. The molecule has 2 heteroatoms. The molecular formula is C21H29NO. The molecule has 23 heavy (non-hydrogen) atoms. The Morgan fingerprint density at radius 3 is 2.87 bits per heavy atom. The molecule has 0 aromatic heterocycles. The second-order valence-electron chi connectivity index (χ2n) is 9.26. The first-order valence-electron chi connectivity index (χ1n) is 9.58. The molecule has 3 unspecified atom stereocenters. The molecule has 4 atom stereocenters. The van der Waals surface area contributed by atoms with Crippen LogP contribution in [0.3, 0.4) is 0 Å². The standard InChI is InChI=1S/C21H29NO/c1-14-11-20(2)19-9-16-5-6-17(23)10-18(16)21(20,12-14)7-8-22(19)13-15-3-4-15/h5-6,10,14-15,19,23H,3-4,7-9,11-13H2,1-2H3/t14-,19?,20?,21?/m0/s1. The van der Waals surface area contributed by atoms with Gasteiger partial charge in [-0.1, -0.05) is 19.9 Å². The Labute approximate surface area is 139 Å². The average molecular weight is 311 g/mol. The van der Waals surface area contributed by atoms with E-state index in [9.17, 15) is 5.11 Å². The summed E-state index contributed by atoms with van der Waals surface area (Å²) in [6, 6.07) is 6.93. The fourth-order valence-electron chi connectivity index (χ4n) is 6.71. The number of piperidine rings is 1. The largest absolute Gasteiger partial charge is 0.508 e. The maximum Gasteiger partial charge on any atom is 0.115 e. The SMILES string of the molecule is C[C@@H]1CC23CCN(CC4CC4)C(Cc4ccc(O)cc42)C3(C)C1. The lowest BCUT2D eigenvalue weighted by Crippen LogP contribution is -2.63. The quantitative estimate of drug-likeness (QED) is 0.888. The third kappa shape index (κ3) is 1.85. The molecule has 1 N–H and O–H groups in total. The third-order valence-corrected chi connectivity index (χ3v) is 7.78. The van der Waals surface area contributed by atoms with E-state index in [2.05, 4.69) is 30.9 Å². The Morgan fingerprint density at radius 2 is 2.09 bits per heavy atom. The number of benzene rings is 1. The molecule has 1 heterocycles. The summed E-state index contributed by atoms with van der Waals surface area (Å²) in [6.45, 7) is 7.62. The molecule has 3 fully saturated rings. The number of hydrogen-bond donors (Lipinski definition) is 1. The Bertz CT molecular complexity index is 651. The van der Waals surface area contributed by atoms with Crippen LogP contribution in [-0.2, 0) is 11.8 Å². The van der Waals surface area contributed by atoms with E-state index in [1.54, 1.807) is 0 Å². The summed E-state index contributed by atoms with van der Waals surface area (Å²) in [5.74, 6) is 2.24. The molecule has 5 rings (SSSR count). The van der Waals surface area contributed by atoms with E-state index in [4.69, 9.17) is 0 Å². The summed E-state index contributed by atoms with van der Waals surface area (Å²) in [5.41, 5.74) is 3.70. The Kier molecular flexibility index (Phi) is 2.83. The van der Waals surface area contributed by atoms with Crippen molar-refractivity contribution in [2.45, 2.75) is 63.8 Å². The van der Waals surface area contributed by atoms with Gasteiger partial charge < -0.3 is 5.11 Å². The molecule has 0 spiro atoms. The first-order chi connectivity index (χ1) is 11.0. The monoisotopic (exact) mass is 311 g/mol. The minimum atomic E-state index is 0.309. The molecule has 2 bridgehead atoms. The summed E-state index contributed by atoms with van der Waals surface area (Å²) >= 11 is 0. The fraction of sp³-hybridized carbons (Fsp3) is 0.714. The Morgan fingerprint density at radius 1 is 1.26 bits per heavy atom. The van der Waals surface area contributed by atoms with Crippen LogP contribution in [0.4, 0.5) is 0 Å². The van der Waals surface area contributed by atoms with E-state index in [0.29, 0.717) is 22.6 Å². The minimum absolute atomic E-state index is 0.309. The van der Waals surface area contributed by atoms with Gasteiger partial charge in [-0.25, -0.2) is 0 Å². The first kappa shape index (κ1) is 14.3. The highest BCUT2D eigenvalue weighted by atomic mass is 16.3. The highest BCUT2D eigenvalue weighted by molar-refractivity contribution is 5.47. The van der Waals surface area contributed by atoms with Crippen molar-refractivity contribution >= 4 is 0 Å². The predicted octanol–water partition coefficient (Wildman–Crippen LogP) is 4.11. The summed E-state index contributed by atoms with van der Waals surface area (Å²) in [6.07, 6.45) is 8.04. The van der Waals surface area contributed by atoms with Gasteiger partial charge in [-0.05, 0) is 85.6 Å². The van der Waals surface area contributed by atoms with Gasteiger partial charge in [0.1, 0.15) is 5.75 Å². The van der Waals surface area contributed by atoms with Gasteiger partial charge in [-0.15, -0.1) is 0 Å². The van der Waals surface area contributed by atoms with Crippen LogP contribution in [0.15, 0.2) is 18.2 Å². The number of phenolic OH excluding ortho intramolecular Hbond substituents is 1.